The summed E-state index contributed by atoms with van der Waals surface area (Å²) in [5.74, 6) is 0.732. The van der Waals surface area contributed by atoms with Crippen LogP contribution in [0.15, 0.2) is 48.7 Å². The largest absolute Gasteiger partial charge is 0.356 e. The van der Waals surface area contributed by atoms with Gasteiger partial charge in [-0.05, 0) is 49.9 Å². The quantitative estimate of drug-likeness (QED) is 0.856. The minimum absolute atomic E-state index is 0.0475. The van der Waals surface area contributed by atoms with E-state index in [0.717, 1.165) is 43.7 Å². The molecule has 1 aliphatic carbocycles. The highest BCUT2D eigenvalue weighted by molar-refractivity contribution is 5.94. The van der Waals surface area contributed by atoms with Crippen LogP contribution in [0.5, 0.6) is 0 Å². The summed E-state index contributed by atoms with van der Waals surface area (Å²) < 4.78 is 0. The molecule has 0 radical (unpaired) electrons. The smallest absolute Gasteiger partial charge is 0.253 e. The van der Waals surface area contributed by atoms with Crippen molar-refractivity contribution in [1.82, 2.24) is 10.3 Å². The Bertz CT molecular complexity index is 803. The van der Waals surface area contributed by atoms with Crippen LogP contribution in [-0.2, 0) is 4.79 Å². The van der Waals surface area contributed by atoms with Gasteiger partial charge in [-0.3, -0.25) is 9.59 Å². The summed E-state index contributed by atoms with van der Waals surface area (Å²) in [4.78, 5) is 31.3. The Labute approximate surface area is 159 Å². The van der Waals surface area contributed by atoms with Crippen molar-refractivity contribution in [3.8, 4) is 0 Å². The summed E-state index contributed by atoms with van der Waals surface area (Å²) >= 11 is 0. The van der Waals surface area contributed by atoms with Gasteiger partial charge in [0.2, 0.25) is 5.91 Å². The fourth-order valence-corrected chi connectivity index (χ4v) is 3.37. The Balaban J connectivity index is 1.37. The van der Waals surface area contributed by atoms with E-state index in [4.69, 9.17) is 0 Å². The van der Waals surface area contributed by atoms with Gasteiger partial charge in [-0.2, -0.15) is 0 Å². The molecule has 1 aromatic heterocycles. The Morgan fingerprint density at radius 3 is 2.56 bits per heavy atom. The third-order valence-electron chi connectivity index (χ3n) is 5.08. The average molecular weight is 364 g/mol. The summed E-state index contributed by atoms with van der Waals surface area (Å²) in [7, 11) is 0. The highest BCUT2D eigenvalue weighted by atomic mass is 16.2. The average Bonchev–Trinajstić information content (AvgIpc) is 3.53. The molecule has 2 amide bonds. The van der Waals surface area contributed by atoms with Gasteiger partial charge in [0.1, 0.15) is 5.82 Å². The summed E-state index contributed by atoms with van der Waals surface area (Å²) in [6.07, 6.45) is 5.57. The lowest BCUT2D eigenvalue weighted by molar-refractivity contribution is -0.120. The Hall–Kier alpha value is -2.89. The third kappa shape index (κ3) is 4.45. The number of carbonyl (C=O) groups is 2. The number of rotatable bonds is 5. The van der Waals surface area contributed by atoms with Crippen molar-refractivity contribution in [2.24, 2.45) is 5.92 Å². The van der Waals surface area contributed by atoms with Crippen molar-refractivity contribution in [2.75, 3.05) is 23.3 Å². The number of piperidine rings is 1. The number of hydrogen-bond donors (Lipinski definition) is 2. The van der Waals surface area contributed by atoms with Crippen LogP contribution >= 0.6 is 0 Å². The molecule has 2 aromatic rings. The molecule has 6 nitrogen and oxygen atoms in total. The zero-order chi connectivity index (χ0) is 18.6. The van der Waals surface area contributed by atoms with E-state index in [1.165, 1.54) is 0 Å². The van der Waals surface area contributed by atoms with Gasteiger partial charge in [0.25, 0.3) is 5.91 Å². The van der Waals surface area contributed by atoms with E-state index in [-0.39, 0.29) is 17.7 Å². The van der Waals surface area contributed by atoms with Crippen LogP contribution in [0.2, 0.25) is 0 Å². The predicted octanol–water partition coefficient (Wildman–Crippen LogP) is 2.83. The minimum Gasteiger partial charge on any atom is -0.356 e. The van der Waals surface area contributed by atoms with Gasteiger partial charge < -0.3 is 15.5 Å². The predicted molar refractivity (Wildman–Crippen MR) is 105 cm³/mol. The number of amides is 2. The first-order valence-electron chi connectivity index (χ1n) is 9.57. The second kappa shape index (κ2) is 7.78. The lowest BCUT2D eigenvalue weighted by Crippen LogP contribution is -2.41. The molecule has 2 aliphatic rings. The maximum Gasteiger partial charge on any atom is 0.253 e. The lowest BCUT2D eigenvalue weighted by atomic mass is 9.97. The van der Waals surface area contributed by atoms with E-state index in [1.807, 2.05) is 42.5 Å². The number of para-hydroxylation sites is 1. The molecule has 2 fully saturated rings. The fraction of sp³-hybridized carbons (Fsp3) is 0.381. The number of aromatic nitrogens is 1. The van der Waals surface area contributed by atoms with E-state index in [9.17, 15) is 9.59 Å². The van der Waals surface area contributed by atoms with Crippen molar-refractivity contribution >= 4 is 23.3 Å². The topological polar surface area (TPSA) is 74.3 Å². The minimum atomic E-state index is -0.0707. The molecule has 27 heavy (non-hydrogen) atoms. The zero-order valence-corrected chi connectivity index (χ0v) is 15.2. The molecular formula is C21H24N4O2. The van der Waals surface area contributed by atoms with Crippen molar-refractivity contribution in [3.05, 3.63) is 54.2 Å². The third-order valence-corrected chi connectivity index (χ3v) is 5.08. The molecule has 4 rings (SSSR count). The van der Waals surface area contributed by atoms with Crippen molar-refractivity contribution in [1.29, 1.82) is 0 Å². The first kappa shape index (κ1) is 17.5. The number of hydrogen-bond acceptors (Lipinski definition) is 4. The molecule has 2 heterocycles. The second-order valence-electron chi connectivity index (χ2n) is 7.29. The number of nitrogens with one attached hydrogen (secondary N) is 2. The van der Waals surface area contributed by atoms with Crippen molar-refractivity contribution in [3.63, 3.8) is 0 Å². The molecule has 6 heteroatoms. The first-order chi connectivity index (χ1) is 13.2. The molecule has 0 bridgehead atoms. The number of carbonyl (C=O) groups excluding carboxylic acids is 2. The van der Waals surface area contributed by atoms with Gasteiger partial charge in [0.15, 0.2) is 0 Å². The van der Waals surface area contributed by atoms with E-state index in [0.29, 0.717) is 18.2 Å². The molecular weight excluding hydrogens is 340 g/mol. The molecule has 2 N–H and O–H groups in total. The van der Waals surface area contributed by atoms with Crippen LogP contribution in [0.3, 0.4) is 0 Å². The Morgan fingerprint density at radius 2 is 1.85 bits per heavy atom. The van der Waals surface area contributed by atoms with E-state index < -0.39 is 0 Å². The standard InChI is InChI=1S/C21H24N4O2/c26-20(24-18-9-10-18)15-8-11-19(22-13-15)25-12-4-5-16(14-25)21(27)23-17-6-2-1-3-7-17/h1-3,6-8,11,13,16,18H,4-5,9-10,12,14H2,(H,23,27)(H,24,26)/t16-/m0/s1. The number of benzene rings is 1. The number of nitrogens with zero attached hydrogens (tertiary/aromatic N) is 2. The SMILES string of the molecule is O=C(NC1CC1)c1ccc(N2CCC[C@H](C(=O)Nc3ccccc3)C2)nc1. The van der Waals surface area contributed by atoms with Crippen LogP contribution in [0, 0.1) is 5.92 Å². The lowest BCUT2D eigenvalue weighted by Gasteiger charge is -2.32. The summed E-state index contributed by atoms with van der Waals surface area (Å²) in [5.41, 5.74) is 1.41. The second-order valence-corrected chi connectivity index (χ2v) is 7.29. The molecule has 140 valence electrons. The molecule has 1 aromatic carbocycles. The van der Waals surface area contributed by atoms with Crippen molar-refractivity contribution in [2.45, 2.75) is 31.7 Å². The van der Waals surface area contributed by atoms with E-state index >= 15 is 0 Å². The molecule has 1 atom stereocenters. The Kier molecular flexibility index (Phi) is 5.05. The highest BCUT2D eigenvalue weighted by Crippen LogP contribution is 2.24. The van der Waals surface area contributed by atoms with Gasteiger partial charge in [-0.15, -0.1) is 0 Å². The number of pyridine rings is 1. The van der Waals surface area contributed by atoms with E-state index in [2.05, 4.69) is 20.5 Å². The van der Waals surface area contributed by atoms with E-state index in [1.54, 1.807) is 6.20 Å². The molecule has 0 spiro atoms. The molecule has 1 saturated heterocycles. The van der Waals surface area contributed by atoms with Crippen LogP contribution in [0.25, 0.3) is 0 Å². The first-order valence-corrected chi connectivity index (χ1v) is 9.57. The highest BCUT2D eigenvalue weighted by Gasteiger charge is 2.27. The van der Waals surface area contributed by atoms with Crippen molar-refractivity contribution < 1.29 is 9.59 Å². The summed E-state index contributed by atoms with van der Waals surface area (Å²) in [5, 5.41) is 5.96. The fourth-order valence-electron chi connectivity index (χ4n) is 3.37. The van der Waals surface area contributed by atoms with Gasteiger partial charge in [-0.25, -0.2) is 4.98 Å². The normalized spacial score (nSPS) is 19.4. The van der Waals surface area contributed by atoms with Crippen LogP contribution in [0.1, 0.15) is 36.0 Å². The van der Waals surface area contributed by atoms with Crippen LogP contribution in [0.4, 0.5) is 11.5 Å². The molecule has 0 unspecified atom stereocenters. The maximum absolute atomic E-state index is 12.6. The zero-order valence-electron chi connectivity index (χ0n) is 15.2. The van der Waals surface area contributed by atoms with Gasteiger partial charge >= 0.3 is 0 Å². The number of anilines is 2. The maximum atomic E-state index is 12.6. The molecule has 1 aliphatic heterocycles. The van der Waals surface area contributed by atoms with Gasteiger partial charge in [0, 0.05) is 31.0 Å². The van der Waals surface area contributed by atoms with Crippen LogP contribution < -0.4 is 15.5 Å². The Morgan fingerprint density at radius 1 is 1.04 bits per heavy atom. The van der Waals surface area contributed by atoms with Gasteiger partial charge in [-0.1, -0.05) is 18.2 Å². The molecule has 1 saturated carbocycles. The summed E-state index contributed by atoms with van der Waals surface area (Å²) in [6, 6.07) is 13.6. The monoisotopic (exact) mass is 364 g/mol. The summed E-state index contributed by atoms with van der Waals surface area (Å²) in [6.45, 7) is 1.51. The van der Waals surface area contributed by atoms with Crippen LogP contribution in [-0.4, -0.2) is 35.9 Å². The van der Waals surface area contributed by atoms with Gasteiger partial charge in [0.05, 0.1) is 11.5 Å².